The van der Waals surface area contributed by atoms with Crippen molar-refractivity contribution in [2.24, 2.45) is 0 Å². The summed E-state index contributed by atoms with van der Waals surface area (Å²) in [4.78, 5) is 13.1. The molecule has 0 saturated heterocycles. The lowest BCUT2D eigenvalue weighted by atomic mass is 10.2. The van der Waals surface area contributed by atoms with Gasteiger partial charge in [0, 0.05) is 11.4 Å². The van der Waals surface area contributed by atoms with Crippen molar-refractivity contribution in [1.29, 1.82) is 0 Å². The van der Waals surface area contributed by atoms with E-state index in [-0.39, 0.29) is 6.03 Å². The molecule has 136 valence electrons. The molecule has 2 aromatic heterocycles. The zero-order valence-corrected chi connectivity index (χ0v) is 16.2. The van der Waals surface area contributed by atoms with Gasteiger partial charge >= 0.3 is 6.03 Å². The lowest BCUT2D eigenvalue weighted by molar-refractivity contribution is 0.240. The third kappa shape index (κ3) is 4.56. The summed E-state index contributed by atoms with van der Waals surface area (Å²) in [6, 6.07) is 9.58. The summed E-state index contributed by atoms with van der Waals surface area (Å²) >= 11 is 3.32. The maximum absolute atomic E-state index is 12.0. The molecule has 0 unspecified atom stereocenters. The largest absolute Gasteiger partial charge is 0.493 e. The fourth-order valence-electron chi connectivity index (χ4n) is 2.46. The highest BCUT2D eigenvalue weighted by atomic mass is 32.1. The fourth-order valence-corrected chi connectivity index (χ4v) is 3.95. The minimum absolute atomic E-state index is 0.203. The summed E-state index contributed by atoms with van der Waals surface area (Å²) < 4.78 is 10.5. The van der Waals surface area contributed by atoms with E-state index in [2.05, 4.69) is 38.9 Å². The minimum Gasteiger partial charge on any atom is -0.493 e. The summed E-state index contributed by atoms with van der Waals surface area (Å²) in [5.74, 6) is 1.31. The minimum atomic E-state index is -0.203. The van der Waals surface area contributed by atoms with Crippen LogP contribution in [-0.4, -0.2) is 20.3 Å². The monoisotopic (exact) mass is 388 g/mol. The molecular weight excluding hydrogens is 368 g/mol. The number of hydrogen-bond donors (Lipinski definition) is 2. The first-order valence-corrected chi connectivity index (χ1v) is 9.84. The van der Waals surface area contributed by atoms with Crippen LogP contribution < -0.4 is 20.1 Å². The van der Waals surface area contributed by atoms with Gasteiger partial charge in [0.25, 0.3) is 0 Å². The van der Waals surface area contributed by atoms with E-state index in [0.717, 1.165) is 10.4 Å². The van der Waals surface area contributed by atoms with Crippen molar-refractivity contribution in [2.75, 3.05) is 14.2 Å². The first-order chi connectivity index (χ1) is 12.7. The van der Waals surface area contributed by atoms with Gasteiger partial charge in [-0.1, -0.05) is 6.07 Å². The number of urea groups is 1. The summed E-state index contributed by atoms with van der Waals surface area (Å²) in [6.07, 6.45) is 0. The molecule has 0 bridgehead atoms. The second-order valence-corrected chi connectivity index (χ2v) is 7.32. The van der Waals surface area contributed by atoms with Crippen molar-refractivity contribution < 1.29 is 14.3 Å². The number of benzene rings is 1. The topological polar surface area (TPSA) is 59.6 Å². The number of rotatable bonds is 7. The Morgan fingerprint density at radius 1 is 0.962 bits per heavy atom. The molecule has 0 fully saturated rings. The fraction of sp³-hybridized carbons (Fsp3) is 0.211. The van der Waals surface area contributed by atoms with Gasteiger partial charge in [-0.25, -0.2) is 4.79 Å². The predicted octanol–water partition coefficient (Wildman–Crippen LogP) is 4.49. The molecule has 2 amide bonds. The molecule has 2 heterocycles. The van der Waals surface area contributed by atoms with E-state index in [4.69, 9.17) is 9.47 Å². The zero-order valence-electron chi connectivity index (χ0n) is 14.6. The van der Waals surface area contributed by atoms with Gasteiger partial charge in [-0.2, -0.15) is 11.3 Å². The molecular formula is C19H20N2O3S2. The van der Waals surface area contributed by atoms with Crippen molar-refractivity contribution in [2.45, 2.75) is 13.1 Å². The van der Waals surface area contributed by atoms with Crippen LogP contribution >= 0.6 is 22.7 Å². The highest BCUT2D eigenvalue weighted by Gasteiger charge is 2.07. The van der Waals surface area contributed by atoms with Crippen molar-refractivity contribution in [3.8, 4) is 22.6 Å². The van der Waals surface area contributed by atoms with Crippen LogP contribution in [0.25, 0.3) is 11.1 Å². The van der Waals surface area contributed by atoms with Gasteiger partial charge in [-0.3, -0.25) is 0 Å². The number of hydrogen-bond acceptors (Lipinski definition) is 5. The summed E-state index contributed by atoms with van der Waals surface area (Å²) in [5, 5.41) is 12.0. The van der Waals surface area contributed by atoms with E-state index in [1.54, 1.807) is 36.9 Å². The molecule has 0 aliphatic rings. The molecule has 5 nitrogen and oxygen atoms in total. The highest BCUT2D eigenvalue weighted by Crippen LogP contribution is 2.28. The average Bonchev–Trinajstić information content (AvgIpc) is 3.35. The Balaban J connectivity index is 1.49. The number of carbonyl (C=O) groups excluding carboxylic acids is 1. The maximum atomic E-state index is 12.0. The van der Waals surface area contributed by atoms with Gasteiger partial charge in [0.1, 0.15) is 0 Å². The van der Waals surface area contributed by atoms with Crippen LogP contribution in [0.5, 0.6) is 11.5 Å². The molecule has 0 aliphatic heterocycles. The van der Waals surface area contributed by atoms with Crippen LogP contribution in [0, 0.1) is 0 Å². The van der Waals surface area contributed by atoms with Crippen molar-refractivity contribution >= 4 is 28.7 Å². The lowest BCUT2D eigenvalue weighted by Gasteiger charge is -2.10. The van der Waals surface area contributed by atoms with E-state index >= 15 is 0 Å². The molecule has 0 aliphatic carbocycles. The summed E-state index contributed by atoms with van der Waals surface area (Å²) in [5.41, 5.74) is 3.35. The second kappa shape index (κ2) is 8.73. The Morgan fingerprint density at radius 2 is 1.77 bits per heavy atom. The van der Waals surface area contributed by atoms with Crippen molar-refractivity contribution in [3.05, 3.63) is 56.9 Å². The third-order valence-corrected chi connectivity index (χ3v) is 5.45. The molecule has 3 aromatic rings. The Hall–Kier alpha value is -2.51. The van der Waals surface area contributed by atoms with Crippen LogP contribution in [0.4, 0.5) is 4.79 Å². The van der Waals surface area contributed by atoms with Gasteiger partial charge in [0.15, 0.2) is 11.5 Å². The van der Waals surface area contributed by atoms with Gasteiger partial charge in [0.2, 0.25) is 0 Å². The third-order valence-electron chi connectivity index (χ3n) is 3.83. The van der Waals surface area contributed by atoms with E-state index in [1.807, 2.05) is 18.2 Å². The molecule has 0 spiro atoms. The summed E-state index contributed by atoms with van der Waals surface area (Å²) in [6.45, 7) is 0.920. The SMILES string of the molecule is COc1ccc(CNC(=O)NCc2cc(-c3ccsc3)cs2)cc1OC. The first kappa shape index (κ1) is 18.3. The molecule has 1 aromatic carbocycles. The van der Waals surface area contributed by atoms with Crippen LogP contribution in [0.2, 0.25) is 0 Å². The number of ether oxygens (including phenoxy) is 2. The lowest BCUT2D eigenvalue weighted by Crippen LogP contribution is -2.34. The number of nitrogens with one attached hydrogen (secondary N) is 2. The zero-order chi connectivity index (χ0) is 18.4. The van der Waals surface area contributed by atoms with E-state index in [1.165, 1.54) is 11.1 Å². The van der Waals surface area contributed by atoms with E-state index < -0.39 is 0 Å². The van der Waals surface area contributed by atoms with Crippen molar-refractivity contribution in [1.82, 2.24) is 10.6 Å². The molecule has 26 heavy (non-hydrogen) atoms. The van der Waals surface area contributed by atoms with Crippen LogP contribution in [0.3, 0.4) is 0 Å². The van der Waals surface area contributed by atoms with Crippen molar-refractivity contribution in [3.63, 3.8) is 0 Å². The van der Waals surface area contributed by atoms with Crippen LogP contribution in [-0.2, 0) is 13.1 Å². The van der Waals surface area contributed by atoms with Gasteiger partial charge < -0.3 is 20.1 Å². The Morgan fingerprint density at radius 3 is 2.50 bits per heavy atom. The molecule has 7 heteroatoms. The van der Waals surface area contributed by atoms with E-state index in [9.17, 15) is 4.79 Å². The summed E-state index contributed by atoms with van der Waals surface area (Å²) in [7, 11) is 3.19. The molecule has 3 rings (SSSR count). The first-order valence-electron chi connectivity index (χ1n) is 8.02. The van der Waals surface area contributed by atoms with Gasteiger partial charge in [-0.15, -0.1) is 11.3 Å². The Labute approximate surface area is 160 Å². The number of amides is 2. The molecule has 0 saturated carbocycles. The highest BCUT2D eigenvalue weighted by molar-refractivity contribution is 7.10. The maximum Gasteiger partial charge on any atom is 0.315 e. The predicted molar refractivity (Wildman–Crippen MR) is 106 cm³/mol. The standard InChI is InChI=1S/C19H20N2O3S2/c1-23-17-4-3-13(7-18(17)24-2)9-20-19(22)21-10-16-8-15(12-26-16)14-5-6-25-11-14/h3-8,11-12H,9-10H2,1-2H3,(H2,20,21,22). The molecule has 2 N–H and O–H groups in total. The quantitative estimate of drug-likeness (QED) is 0.627. The molecule has 0 radical (unpaired) electrons. The number of thiophene rings is 2. The van der Waals surface area contributed by atoms with E-state index in [0.29, 0.717) is 24.6 Å². The van der Waals surface area contributed by atoms with Crippen LogP contribution in [0.15, 0.2) is 46.5 Å². The number of carbonyl (C=O) groups is 1. The van der Waals surface area contributed by atoms with Gasteiger partial charge in [0.05, 0.1) is 20.8 Å². The number of methoxy groups -OCH3 is 2. The Kier molecular flexibility index (Phi) is 6.14. The second-order valence-electron chi connectivity index (χ2n) is 5.54. The van der Waals surface area contributed by atoms with Crippen LogP contribution in [0.1, 0.15) is 10.4 Å². The van der Waals surface area contributed by atoms with Gasteiger partial charge in [-0.05, 0) is 57.1 Å². The average molecular weight is 389 g/mol. The smallest absolute Gasteiger partial charge is 0.315 e. The Bertz CT molecular complexity index is 860. The normalized spacial score (nSPS) is 10.4. The molecule has 0 atom stereocenters.